The first-order chi connectivity index (χ1) is 15.4. The second-order valence-electron chi connectivity index (χ2n) is 7.23. The number of azide groups is 1. The Labute approximate surface area is 187 Å². The van der Waals surface area contributed by atoms with Crippen molar-refractivity contribution in [2.24, 2.45) is 5.11 Å². The van der Waals surface area contributed by atoms with Gasteiger partial charge in [-0.05, 0) is 47.7 Å². The topological polar surface area (TPSA) is 151 Å². The molecule has 2 aromatic carbocycles. The standard InChI is InChI=1S/C20H21ClFN7O3/c21-13-5-6-16(22)15(8-13)12-3-1-11(2-4-12)7-14(9-17(20(31)32)26-28-23)25-19(30)18-10-24-29-27-18/h1-6,8,14,17-18,24,27,29H,7,9-10H2,(H,25,30)(H,31,32)/t14-,17-,18?/m1/s1. The SMILES string of the molecule is [N-]=[N+]=N[C@H](C[C@@H](Cc1ccc(-c2cc(Cl)ccc2F)cc1)NC(=O)C1CNNN1)C(=O)O. The van der Waals surface area contributed by atoms with Crippen LogP contribution in [0.3, 0.4) is 0 Å². The number of carbonyl (C=O) groups excluding carboxylic acids is 1. The normalized spacial score (nSPS) is 17.2. The number of rotatable bonds is 9. The minimum atomic E-state index is -1.34. The van der Waals surface area contributed by atoms with Gasteiger partial charge in [0.05, 0.1) is 0 Å². The van der Waals surface area contributed by atoms with E-state index in [2.05, 4.69) is 31.7 Å². The summed E-state index contributed by atoms with van der Waals surface area (Å²) in [5, 5.41) is 15.9. The minimum absolute atomic E-state index is 0.0939. The van der Waals surface area contributed by atoms with E-state index in [1.807, 2.05) is 0 Å². The highest BCUT2D eigenvalue weighted by molar-refractivity contribution is 6.30. The number of hydrogen-bond donors (Lipinski definition) is 5. The average Bonchev–Trinajstić information content (AvgIpc) is 3.31. The molecule has 1 fully saturated rings. The number of carboxylic acids is 1. The van der Waals surface area contributed by atoms with Gasteiger partial charge in [0, 0.05) is 28.1 Å². The molecule has 3 atom stereocenters. The summed E-state index contributed by atoms with van der Waals surface area (Å²) in [5.41, 5.74) is 18.6. The van der Waals surface area contributed by atoms with E-state index in [1.54, 1.807) is 24.3 Å². The Morgan fingerprint density at radius 2 is 2.06 bits per heavy atom. The number of hydrogen-bond acceptors (Lipinski definition) is 6. The molecule has 12 heteroatoms. The average molecular weight is 462 g/mol. The number of amides is 1. The second kappa shape index (κ2) is 10.9. The van der Waals surface area contributed by atoms with Crippen LogP contribution in [-0.4, -0.2) is 41.7 Å². The molecular weight excluding hydrogens is 441 g/mol. The zero-order valence-corrected chi connectivity index (χ0v) is 17.5. The number of benzene rings is 2. The summed E-state index contributed by atoms with van der Waals surface area (Å²) in [6, 6.07) is 8.74. The summed E-state index contributed by atoms with van der Waals surface area (Å²) in [5.74, 6) is -2.02. The number of nitrogens with one attached hydrogen (secondary N) is 4. The fourth-order valence-corrected chi connectivity index (χ4v) is 3.52. The van der Waals surface area contributed by atoms with Crippen LogP contribution in [0.5, 0.6) is 0 Å². The molecule has 0 aromatic heterocycles. The molecule has 5 N–H and O–H groups in total. The summed E-state index contributed by atoms with van der Waals surface area (Å²) < 4.78 is 14.1. The summed E-state index contributed by atoms with van der Waals surface area (Å²) >= 11 is 5.97. The Morgan fingerprint density at radius 1 is 1.31 bits per heavy atom. The van der Waals surface area contributed by atoms with Crippen LogP contribution < -0.4 is 21.7 Å². The van der Waals surface area contributed by atoms with Gasteiger partial charge in [0.2, 0.25) is 5.91 Å². The Balaban J connectivity index is 1.78. The molecule has 0 bridgehead atoms. The fraction of sp³-hybridized carbons (Fsp3) is 0.300. The van der Waals surface area contributed by atoms with Crippen LogP contribution in [0.15, 0.2) is 47.6 Å². The molecule has 1 aliphatic rings. The van der Waals surface area contributed by atoms with Crippen molar-refractivity contribution in [3.8, 4) is 11.1 Å². The number of hydrazine groups is 2. The fourth-order valence-electron chi connectivity index (χ4n) is 3.35. The number of aliphatic carboxylic acids is 1. The lowest BCUT2D eigenvalue weighted by Gasteiger charge is -2.22. The summed E-state index contributed by atoms with van der Waals surface area (Å²) in [6.07, 6.45) is 0.186. The van der Waals surface area contributed by atoms with Gasteiger partial charge in [-0.25, -0.2) is 15.2 Å². The van der Waals surface area contributed by atoms with E-state index in [0.29, 0.717) is 22.7 Å². The Morgan fingerprint density at radius 3 is 2.69 bits per heavy atom. The van der Waals surface area contributed by atoms with Gasteiger partial charge >= 0.3 is 5.97 Å². The Kier molecular flexibility index (Phi) is 7.98. The maximum absolute atomic E-state index is 14.1. The molecule has 168 valence electrons. The first-order valence-electron chi connectivity index (χ1n) is 9.72. The maximum Gasteiger partial charge on any atom is 0.312 e. The summed E-state index contributed by atoms with van der Waals surface area (Å²) in [6.45, 7) is 0.344. The highest BCUT2D eigenvalue weighted by atomic mass is 35.5. The van der Waals surface area contributed by atoms with Crippen LogP contribution in [0.1, 0.15) is 12.0 Å². The zero-order valence-electron chi connectivity index (χ0n) is 16.8. The molecule has 1 saturated heterocycles. The highest BCUT2D eigenvalue weighted by Gasteiger charge is 2.27. The lowest BCUT2D eigenvalue weighted by atomic mass is 9.97. The van der Waals surface area contributed by atoms with E-state index in [4.69, 9.17) is 17.1 Å². The zero-order chi connectivity index (χ0) is 23.1. The predicted octanol–water partition coefficient (Wildman–Crippen LogP) is 2.31. The number of carbonyl (C=O) groups is 2. The molecule has 0 radical (unpaired) electrons. The van der Waals surface area contributed by atoms with Gasteiger partial charge in [0.25, 0.3) is 0 Å². The largest absolute Gasteiger partial charge is 0.481 e. The Hall–Kier alpha value is -3.21. The molecule has 0 saturated carbocycles. The molecule has 10 nitrogen and oxygen atoms in total. The van der Waals surface area contributed by atoms with E-state index >= 15 is 0 Å². The predicted molar refractivity (Wildman–Crippen MR) is 116 cm³/mol. The van der Waals surface area contributed by atoms with Gasteiger partial charge in [0.15, 0.2) is 0 Å². The van der Waals surface area contributed by atoms with Crippen molar-refractivity contribution in [3.63, 3.8) is 0 Å². The molecular formula is C20H21ClFN7O3. The van der Waals surface area contributed by atoms with E-state index in [0.717, 1.165) is 5.56 Å². The molecule has 2 aromatic rings. The van der Waals surface area contributed by atoms with Crippen molar-refractivity contribution < 1.29 is 19.1 Å². The van der Waals surface area contributed by atoms with Crippen LogP contribution in [0, 0.1) is 5.82 Å². The van der Waals surface area contributed by atoms with Gasteiger partial charge < -0.3 is 10.4 Å². The lowest BCUT2D eigenvalue weighted by molar-refractivity contribution is -0.139. The van der Waals surface area contributed by atoms with Crippen LogP contribution in [-0.2, 0) is 16.0 Å². The maximum atomic E-state index is 14.1. The van der Waals surface area contributed by atoms with E-state index in [9.17, 15) is 19.1 Å². The molecule has 1 amide bonds. The summed E-state index contributed by atoms with van der Waals surface area (Å²) in [4.78, 5) is 26.5. The van der Waals surface area contributed by atoms with Crippen molar-refractivity contribution >= 4 is 23.5 Å². The molecule has 32 heavy (non-hydrogen) atoms. The van der Waals surface area contributed by atoms with Crippen LogP contribution in [0.25, 0.3) is 21.6 Å². The number of carboxylic acid groups (broad SMARTS) is 1. The lowest BCUT2D eigenvalue weighted by Crippen LogP contribution is -2.49. The molecule has 0 aliphatic carbocycles. The third kappa shape index (κ3) is 6.16. The van der Waals surface area contributed by atoms with Gasteiger partial charge in [-0.3, -0.25) is 9.59 Å². The third-order valence-electron chi connectivity index (χ3n) is 4.96. The van der Waals surface area contributed by atoms with Crippen LogP contribution in [0.2, 0.25) is 5.02 Å². The van der Waals surface area contributed by atoms with Gasteiger partial charge in [0.1, 0.15) is 17.9 Å². The summed E-state index contributed by atoms with van der Waals surface area (Å²) in [7, 11) is 0. The first-order valence-corrected chi connectivity index (χ1v) is 10.1. The van der Waals surface area contributed by atoms with E-state index < -0.39 is 29.9 Å². The van der Waals surface area contributed by atoms with Crippen LogP contribution in [0.4, 0.5) is 4.39 Å². The Bertz CT molecular complexity index is 1020. The van der Waals surface area contributed by atoms with Gasteiger partial charge in [-0.1, -0.05) is 41.0 Å². The number of nitrogens with zero attached hydrogens (tertiary/aromatic N) is 3. The van der Waals surface area contributed by atoms with Crippen molar-refractivity contribution in [1.29, 1.82) is 0 Å². The number of halogens is 2. The van der Waals surface area contributed by atoms with Crippen molar-refractivity contribution in [2.75, 3.05) is 6.54 Å². The monoisotopic (exact) mass is 461 g/mol. The van der Waals surface area contributed by atoms with Gasteiger partial charge in [-0.15, -0.1) is 0 Å². The highest BCUT2D eigenvalue weighted by Crippen LogP contribution is 2.26. The molecule has 1 heterocycles. The smallest absolute Gasteiger partial charge is 0.312 e. The van der Waals surface area contributed by atoms with Crippen molar-refractivity contribution in [3.05, 3.63) is 69.3 Å². The van der Waals surface area contributed by atoms with Crippen molar-refractivity contribution in [1.82, 2.24) is 21.7 Å². The molecule has 1 unspecified atom stereocenters. The van der Waals surface area contributed by atoms with E-state index in [1.165, 1.54) is 18.2 Å². The minimum Gasteiger partial charge on any atom is -0.481 e. The third-order valence-corrected chi connectivity index (χ3v) is 5.20. The van der Waals surface area contributed by atoms with Gasteiger partial charge in [-0.2, -0.15) is 5.53 Å². The molecule has 0 spiro atoms. The second-order valence-corrected chi connectivity index (χ2v) is 7.66. The van der Waals surface area contributed by atoms with Crippen molar-refractivity contribution in [2.45, 2.75) is 31.0 Å². The quantitative estimate of drug-likeness (QED) is 0.219. The van der Waals surface area contributed by atoms with E-state index in [-0.39, 0.29) is 18.7 Å². The molecule has 1 aliphatic heterocycles. The molecule has 3 rings (SSSR count). The first kappa shape index (κ1) is 23.5. The van der Waals surface area contributed by atoms with Crippen LogP contribution >= 0.6 is 11.6 Å².